The van der Waals surface area contributed by atoms with Gasteiger partial charge in [-0.25, -0.2) is 0 Å². The van der Waals surface area contributed by atoms with Gasteiger partial charge in [0.15, 0.2) is 5.76 Å². The van der Waals surface area contributed by atoms with Crippen LogP contribution < -0.4 is 0 Å². The molecule has 0 aliphatic carbocycles. The first-order valence-corrected chi connectivity index (χ1v) is 9.02. The average molecular weight is 403 g/mol. The normalized spacial score (nSPS) is 15.0. The summed E-state index contributed by atoms with van der Waals surface area (Å²) < 4.78 is 10.4. The van der Waals surface area contributed by atoms with Crippen LogP contribution in [0, 0.1) is 10.1 Å². The molecule has 0 radical (unpaired) electrons. The molecule has 144 valence electrons. The molecule has 1 saturated heterocycles. The van der Waals surface area contributed by atoms with Crippen molar-refractivity contribution >= 4 is 23.4 Å². The fraction of sp³-hybridized carbons (Fsp3) is 0.278. The summed E-state index contributed by atoms with van der Waals surface area (Å²) in [5.74, 6) is 0.230. The van der Waals surface area contributed by atoms with Gasteiger partial charge < -0.3 is 13.8 Å². The molecular formula is C18H15ClN4O5. The van der Waals surface area contributed by atoms with Crippen molar-refractivity contribution in [2.75, 3.05) is 13.1 Å². The van der Waals surface area contributed by atoms with Crippen molar-refractivity contribution < 1.29 is 18.7 Å². The summed E-state index contributed by atoms with van der Waals surface area (Å²) in [6.45, 7) is 0.938. The second-order valence-electron chi connectivity index (χ2n) is 6.42. The Labute approximate surface area is 164 Å². The molecule has 0 bridgehead atoms. The van der Waals surface area contributed by atoms with Crippen LogP contribution in [0.2, 0.25) is 5.02 Å². The van der Waals surface area contributed by atoms with Gasteiger partial charge in [-0.1, -0.05) is 16.8 Å². The minimum atomic E-state index is -0.670. The van der Waals surface area contributed by atoms with Crippen LogP contribution in [0.3, 0.4) is 0 Å². The van der Waals surface area contributed by atoms with E-state index < -0.39 is 10.8 Å². The molecule has 2 aromatic heterocycles. The summed E-state index contributed by atoms with van der Waals surface area (Å²) >= 11 is 5.89. The molecule has 10 heteroatoms. The van der Waals surface area contributed by atoms with E-state index in [-0.39, 0.29) is 17.6 Å². The Morgan fingerprint density at radius 3 is 2.54 bits per heavy atom. The molecule has 1 aliphatic heterocycles. The maximum absolute atomic E-state index is 12.4. The predicted octanol–water partition coefficient (Wildman–Crippen LogP) is 3.91. The maximum atomic E-state index is 12.4. The number of rotatable bonds is 4. The van der Waals surface area contributed by atoms with E-state index in [2.05, 4.69) is 10.1 Å². The molecular weight excluding hydrogens is 388 g/mol. The molecule has 0 unspecified atom stereocenters. The Bertz CT molecular complexity index is 1010. The van der Waals surface area contributed by atoms with Crippen LogP contribution in [0.1, 0.15) is 35.2 Å². The van der Waals surface area contributed by atoms with E-state index >= 15 is 0 Å². The molecule has 1 aromatic carbocycles. The quantitative estimate of drug-likeness (QED) is 0.479. The zero-order valence-corrected chi connectivity index (χ0v) is 15.3. The third-order valence-electron chi connectivity index (χ3n) is 4.66. The Kier molecular flexibility index (Phi) is 4.82. The number of likely N-dealkylation sites (tertiary alicyclic amines) is 1. The lowest BCUT2D eigenvalue weighted by Gasteiger charge is -2.29. The van der Waals surface area contributed by atoms with E-state index in [0.29, 0.717) is 42.7 Å². The number of amides is 1. The number of carbonyl (C=O) groups is 1. The van der Waals surface area contributed by atoms with Gasteiger partial charge in [0, 0.05) is 29.6 Å². The highest BCUT2D eigenvalue weighted by atomic mass is 35.5. The molecule has 0 N–H and O–H groups in total. The van der Waals surface area contributed by atoms with E-state index in [9.17, 15) is 14.9 Å². The van der Waals surface area contributed by atoms with E-state index in [1.807, 2.05) is 12.1 Å². The number of carbonyl (C=O) groups excluding carboxylic acids is 1. The van der Waals surface area contributed by atoms with E-state index in [1.165, 1.54) is 12.1 Å². The summed E-state index contributed by atoms with van der Waals surface area (Å²) in [5.41, 5.74) is 0.812. The van der Waals surface area contributed by atoms with Crippen LogP contribution >= 0.6 is 11.6 Å². The Hall–Kier alpha value is -3.20. The number of halogens is 1. The fourth-order valence-electron chi connectivity index (χ4n) is 3.14. The lowest BCUT2D eigenvalue weighted by molar-refractivity contribution is -0.402. The van der Waals surface area contributed by atoms with Gasteiger partial charge in [-0.3, -0.25) is 14.9 Å². The number of hydrogen-bond donors (Lipinski definition) is 0. The SMILES string of the molecule is O=C(c1ccc([N+](=O)[O-])o1)N1CCC(c2nc(-c3ccc(Cl)cc3)no2)CC1. The Morgan fingerprint density at radius 1 is 1.18 bits per heavy atom. The highest BCUT2D eigenvalue weighted by Crippen LogP contribution is 2.30. The summed E-state index contributed by atoms with van der Waals surface area (Å²) in [5, 5.41) is 15.3. The van der Waals surface area contributed by atoms with Crippen LogP contribution in [0.5, 0.6) is 0 Å². The Balaban J connectivity index is 1.39. The van der Waals surface area contributed by atoms with Gasteiger partial charge in [-0.15, -0.1) is 0 Å². The van der Waals surface area contributed by atoms with Gasteiger partial charge >= 0.3 is 5.88 Å². The molecule has 0 saturated carbocycles. The third kappa shape index (κ3) is 3.61. The molecule has 1 fully saturated rings. The van der Waals surface area contributed by atoms with Crippen molar-refractivity contribution in [1.29, 1.82) is 0 Å². The number of piperidine rings is 1. The highest BCUT2D eigenvalue weighted by Gasteiger charge is 2.30. The lowest BCUT2D eigenvalue weighted by Crippen LogP contribution is -2.37. The summed E-state index contributed by atoms with van der Waals surface area (Å²) in [6.07, 6.45) is 1.30. The first kappa shape index (κ1) is 18.2. The van der Waals surface area contributed by atoms with Crippen molar-refractivity contribution in [2.45, 2.75) is 18.8 Å². The first-order chi connectivity index (χ1) is 13.5. The van der Waals surface area contributed by atoms with Gasteiger partial charge in [0.1, 0.15) is 4.92 Å². The molecule has 3 aromatic rings. The van der Waals surface area contributed by atoms with Crippen molar-refractivity contribution in [3.05, 3.63) is 63.2 Å². The third-order valence-corrected chi connectivity index (χ3v) is 4.91. The number of benzene rings is 1. The van der Waals surface area contributed by atoms with Gasteiger partial charge in [0.05, 0.1) is 6.07 Å². The van der Waals surface area contributed by atoms with E-state index in [0.717, 1.165) is 5.56 Å². The second kappa shape index (κ2) is 7.43. The van der Waals surface area contributed by atoms with Crippen LogP contribution in [0.4, 0.5) is 5.88 Å². The molecule has 4 rings (SSSR count). The van der Waals surface area contributed by atoms with Crippen molar-refractivity contribution in [3.8, 4) is 11.4 Å². The van der Waals surface area contributed by atoms with Crippen LogP contribution in [-0.4, -0.2) is 39.0 Å². The largest absolute Gasteiger partial charge is 0.433 e. The second-order valence-corrected chi connectivity index (χ2v) is 6.86. The zero-order valence-electron chi connectivity index (χ0n) is 14.6. The molecule has 28 heavy (non-hydrogen) atoms. The van der Waals surface area contributed by atoms with Gasteiger partial charge in [-0.05, 0) is 43.2 Å². The monoisotopic (exact) mass is 402 g/mol. The summed E-state index contributed by atoms with van der Waals surface area (Å²) in [6, 6.07) is 9.66. The van der Waals surface area contributed by atoms with E-state index in [4.69, 9.17) is 20.5 Å². The minimum Gasteiger partial charge on any atom is -0.395 e. The summed E-state index contributed by atoms with van der Waals surface area (Å²) in [7, 11) is 0. The first-order valence-electron chi connectivity index (χ1n) is 8.64. The molecule has 9 nitrogen and oxygen atoms in total. The van der Waals surface area contributed by atoms with Crippen LogP contribution in [-0.2, 0) is 0 Å². The molecule has 1 amide bonds. The molecule has 0 spiro atoms. The predicted molar refractivity (Wildman–Crippen MR) is 98.0 cm³/mol. The average Bonchev–Trinajstić information content (AvgIpc) is 3.38. The summed E-state index contributed by atoms with van der Waals surface area (Å²) in [4.78, 5) is 28.5. The number of aromatic nitrogens is 2. The van der Waals surface area contributed by atoms with Gasteiger partial charge in [0.25, 0.3) is 5.91 Å². The van der Waals surface area contributed by atoms with Crippen molar-refractivity contribution in [3.63, 3.8) is 0 Å². The van der Waals surface area contributed by atoms with E-state index in [1.54, 1.807) is 17.0 Å². The van der Waals surface area contributed by atoms with Gasteiger partial charge in [0.2, 0.25) is 11.7 Å². The molecule has 0 atom stereocenters. The number of nitrogens with zero attached hydrogens (tertiary/aromatic N) is 4. The van der Waals surface area contributed by atoms with Crippen LogP contribution in [0.25, 0.3) is 11.4 Å². The topological polar surface area (TPSA) is 116 Å². The lowest BCUT2D eigenvalue weighted by atomic mass is 9.96. The van der Waals surface area contributed by atoms with Crippen molar-refractivity contribution in [1.82, 2.24) is 15.0 Å². The fourth-order valence-corrected chi connectivity index (χ4v) is 3.27. The molecule has 1 aliphatic rings. The number of hydrogen-bond acceptors (Lipinski definition) is 7. The highest BCUT2D eigenvalue weighted by molar-refractivity contribution is 6.30. The zero-order chi connectivity index (χ0) is 19.7. The minimum absolute atomic E-state index is 0.0343. The Morgan fingerprint density at radius 2 is 1.89 bits per heavy atom. The molecule has 3 heterocycles. The standard InChI is InChI=1S/C18H15ClN4O5/c19-13-3-1-11(2-4-13)16-20-17(28-21-16)12-7-9-22(10-8-12)18(24)14-5-6-15(27-14)23(25)26/h1-6,12H,7-10H2. The van der Waals surface area contributed by atoms with Crippen LogP contribution in [0.15, 0.2) is 45.3 Å². The number of furan rings is 1. The van der Waals surface area contributed by atoms with Gasteiger partial charge in [-0.2, -0.15) is 4.98 Å². The number of nitro groups is 1. The smallest absolute Gasteiger partial charge is 0.395 e. The van der Waals surface area contributed by atoms with Crippen molar-refractivity contribution in [2.24, 2.45) is 0 Å². The maximum Gasteiger partial charge on any atom is 0.433 e.